The molecular formula is C14H14NO3S-. The van der Waals surface area contributed by atoms with E-state index in [0.29, 0.717) is 23.4 Å². The van der Waals surface area contributed by atoms with Crippen LogP contribution in [0.25, 0.3) is 0 Å². The van der Waals surface area contributed by atoms with Gasteiger partial charge in [-0.3, -0.25) is 4.79 Å². The van der Waals surface area contributed by atoms with Crippen LogP contribution in [0.1, 0.15) is 12.8 Å². The standard InChI is InChI=1S/C14H15NO3S/c16-13(15-11-7-3-4-8-12(11)19)9-5-1-2-6-10(9)14(17)18/h1-4,7-10,19H,5-6H2,(H,15,16)(H,17,18)/p-1. The average molecular weight is 276 g/mol. The fraction of sp³-hybridized carbons (Fsp3) is 0.286. The molecule has 2 atom stereocenters. The summed E-state index contributed by atoms with van der Waals surface area (Å²) in [7, 11) is 0. The quantitative estimate of drug-likeness (QED) is 0.645. The van der Waals surface area contributed by atoms with Gasteiger partial charge in [-0.1, -0.05) is 24.3 Å². The fourth-order valence-corrected chi connectivity index (χ4v) is 2.39. The fourth-order valence-electron chi connectivity index (χ4n) is 2.17. The van der Waals surface area contributed by atoms with Gasteiger partial charge < -0.3 is 15.2 Å². The highest BCUT2D eigenvalue weighted by Gasteiger charge is 2.29. The van der Waals surface area contributed by atoms with Gasteiger partial charge in [0.25, 0.3) is 0 Å². The number of amides is 1. The van der Waals surface area contributed by atoms with Gasteiger partial charge in [0.2, 0.25) is 5.91 Å². The molecule has 1 aromatic carbocycles. The van der Waals surface area contributed by atoms with Crippen LogP contribution in [-0.4, -0.2) is 11.9 Å². The largest absolute Gasteiger partial charge is 0.550 e. The Bertz CT molecular complexity index is 527. The number of benzene rings is 1. The molecule has 2 rings (SSSR count). The Morgan fingerprint density at radius 3 is 2.42 bits per heavy atom. The van der Waals surface area contributed by atoms with Crippen LogP contribution in [0.15, 0.2) is 41.3 Å². The van der Waals surface area contributed by atoms with E-state index in [-0.39, 0.29) is 5.91 Å². The Labute approximate surface area is 116 Å². The number of nitrogens with one attached hydrogen (secondary N) is 1. The molecule has 100 valence electrons. The summed E-state index contributed by atoms with van der Waals surface area (Å²) in [6, 6.07) is 7.08. The molecule has 0 aromatic heterocycles. The van der Waals surface area contributed by atoms with E-state index in [2.05, 4.69) is 17.9 Å². The van der Waals surface area contributed by atoms with E-state index in [9.17, 15) is 14.7 Å². The van der Waals surface area contributed by atoms with E-state index in [1.54, 1.807) is 24.3 Å². The molecule has 1 amide bonds. The maximum atomic E-state index is 12.2. The van der Waals surface area contributed by atoms with Crippen LogP contribution in [0.3, 0.4) is 0 Å². The molecule has 0 spiro atoms. The summed E-state index contributed by atoms with van der Waals surface area (Å²) in [4.78, 5) is 23.9. The van der Waals surface area contributed by atoms with Gasteiger partial charge in [-0.05, 0) is 25.0 Å². The first kappa shape index (κ1) is 13.7. The molecule has 1 aliphatic rings. The zero-order valence-electron chi connectivity index (χ0n) is 10.2. The van der Waals surface area contributed by atoms with Crippen molar-refractivity contribution in [1.82, 2.24) is 0 Å². The maximum absolute atomic E-state index is 12.2. The molecule has 5 heteroatoms. The van der Waals surface area contributed by atoms with Crippen LogP contribution in [-0.2, 0) is 9.59 Å². The molecule has 1 N–H and O–H groups in total. The van der Waals surface area contributed by atoms with Gasteiger partial charge in [0.05, 0.1) is 11.6 Å². The number of carboxylic acids is 1. The number of hydrogen-bond donors (Lipinski definition) is 2. The molecular weight excluding hydrogens is 262 g/mol. The van der Waals surface area contributed by atoms with Crippen LogP contribution in [0.2, 0.25) is 0 Å². The lowest BCUT2D eigenvalue weighted by Gasteiger charge is -2.28. The Hall–Kier alpha value is -1.75. The smallest absolute Gasteiger partial charge is 0.228 e. The first-order chi connectivity index (χ1) is 9.09. The van der Waals surface area contributed by atoms with E-state index in [1.165, 1.54) is 0 Å². The minimum atomic E-state index is -1.18. The number of anilines is 1. The molecule has 0 saturated carbocycles. The zero-order valence-corrected chi connectivity index (χ0v) is 11.1. The second-order valence-electron chi connectivity index (χ2n) is 4.48. The monoisotopic (exact) mass is 276 g/mol. The lowest BCUT2D eigenvalue weighted by Crippen LogP contribution is -2.41. The van der Waals surface area contributed by atoms with Gasteiger partial charge in [-0.2, -0.15) is 0 Å². The Balaban J connectivity index is 2.13. The summed E-state index contributed by atoms with van der Waals surface area (Å²) in [6.45, 7) is 0. The number of rotatable bonds is 3. The third-order valence-electron chi connectivity index (χ3n) is 3.23. The minimum absolute atomic E-state index is 0.306. The summed E-state index contributed by atoms with van der Waals surface area (Å²) in [5.41, 5.74) is 0.586. The van der Waals surface area contributed by atoms with E-state index >= 15 is 0 Å². The van der Waals surface area contributed by atoms with E-state index in [1.807, 2.05) is 12.1 Å². The second kappa shape index (κ2) is 5.93. The van der Waals surface area contributed by atoms with Crippen LogP contribution in [0.4, 0.5) is 5.69 Å². The van der Waals surface area contributed by atoms with Crippen molar-refractivity contribution in [1.29, 1.82) is 0 Å². The van der Waals surface area contributed by atoms with Crippen molar-refractivity contribution in [3.63, 3.8) is 0 Å². The molecule has 0 bridgehead atoms. The predicted molar refractivity (Wildman–Crippen MR) is 72.7 cm³/mol. The van der Waals surface area contributed by atoms with Crippen molar-refractivity contribution in [3.05, 3.63) is 36.4 Å². The van der Waals surface area contributed by atoms with E-state index in [4.69, 9.17) is 0 Å². The molecule has 4 nitrogen and oxygen atoms in total. The van der Waals surface area contributed by atoms with Crippen molar-refractivity contribution in [2.75, 3.05) is 5.32 Å². The van der Waals surface area contributed by atoms with Crippen molar-refractivity contribution in [2.24, 2.45) is 11.8 Å². The highest BCUT2D eigenvalue weighted by molar-refractivity contribution is 7.80. The zero-order chi connectivity index (χ0) is 13.8. The number of hydrogen-bond acceptors (Lipinski definition) is 4. The molecule has 1 aromatic rings. The molecule has 2 unspecified atom stereocenters. The van der Waals surface area contributed by atoms with Crippen LogP contribution < -0.4 is 10.4 Å². The van der Waals surface area contributed by atoms with Crippen LogP contribution in [0.5, 0.6) is 0 Å². The molecule has 0 aliphatic heterocycles. The Morgan fingerprint density at radius 1 is 1.16 bits per heavy atom. The summed E-state index contributed by atoms with van der Waals surface area (Å²) in [6.07, 6.45) is 4.36. The van der Waals surface area contributed by atoms with Crippen molar-refractivity contribution in [3.8, 4) is 0 Å². The van der Waals surface area contributed by atoms with Gasteiger partial charge >= 0.3 is 0 Å². The van der Waals surface area contributed by atoms with E-state index < -0.39 is 17.8 Å². The van der Waals surface area contributed by atoms with Crippen molar-refractivity contribution < 1.29 is 14.7 Å². The predicted octanol–water partition coefficient (Wildman–Crippen LogP) is 1.25. The lowest BCUT2D eigenvalue weighted by atomic mass is 9.82. The first-order valence-corrected chi connectivity index (χ1v) is 6.49. The SMILES string of the molecule is O=C([O-])C1CC=CCC1C(=O)Nc1ccccc1S. The molecule has 0 radical (unpaired) electrons. The first-order valence-electron chi connectivity index (χ1n) is 6.04. The summed E-state index contributed by atoms with van der Waals surface area (Å²) >= 11 is 4.24. The van der Waals surface area contributed by atoms with Crippen LogP contribution in [0, 0.1) is 11.8 Å². The Morgan fingerprint density at radius 2 is 1.79 bits per heavy atom. The molecule has 0 heterocycles. The van der Waals surface area contributed by atoms with E-state index in [0.717, 1.165) is 0 Å². The van der Waals surface area contributed by atoms with Gasteiger partial charge in [-0.15, -0.1) is 12.6 Å². The highest BCUT2D eigenvalue weighted by Crippen LogP contribution is 2.27. The number of para-hydroxylation sites is 1. The van der Waals surface area contributed by atoms with Crippen LogP contribution >= 0.6 is 12.6 Å². The topological polar surface area (TPSA) is 69.2 Å². The lowest BCUT2D eigenvalue weighted by molar-refractivity contribution is -0.313. The van der Waals surface area contributed by atoms with Crippen molar-refractivity contribution >= 4 is 30.2 Å². The van der Waals surface area contributed by atoms with Crippen molar-refractivity contribution in [2.45, 2.75) is 17.7 Å². The number of carboxylic acid groups (broad SMARTS) is 1. The van der Waals surface area contributed by atoms with Gasteiger partial charge in [-0.25, -0.2) is 0 Å². The van der Waals surface area contributed by atoms with Gasteiger partial charge in [0.1, 0.15) is 0 Å². The highest BCUT2D eigenvalue weighted by atomic mass is 32.1. The number of thiol groups is 1. The third kappa shape index (κ3) is 3.17. The number of carbonyl (C=O) groups excluding carboxylic acids is 2. The second-order valence-corrected chi connectivity index (χ2v) is 4.96. The molecule has 1 aliphatic carbocycles. The molecule has 0 fully saturated rings. The normalized spacial score (nSPS) is 21.9. The number of allylic oxidation sites excluding steroid dienone is 2. The maximum Gasteiger partial charge on any atom is 0.228 e. The number of carbonyl (C=O) groups is 2. The van der Waals surface area contributed by atoms with Gasteiger partial charge in [0, 0.05) is 16.8 Å². The summed E-state index contributed by atoms with van der Waals surface area (Å²) in [5, 5.41) is 13.8. The average Bonchev–Trinajstić information content (AvgIpc) is 2.41. The summed E-state index contributed by atoms with van der Waals surface area (Å²) in [5.74, 6) is -2.84. The molecule has 19 heavy (non-hydrogen) atoms. The third-order valence-corrected chi connectivity index (χ3v) is 3.62. The minimum Gasteiger partial charge on any atom is -0.550 e. The van der Waals surface area contributed by atoms with Gasteiger partial charge in [0.15, 0.2) is 0 Å². The summed E-state index contributed by atoms with van der Waals surface area (Å²) < 4.78 is 0. The number of aliphatic carboxylic acids is 1. The molecule has 0 saturated heterocycles. The Kier molecular flexibility index (Phi) is 4.27.